The molecule has 1 unspecified atom stereocenters. The number of hydrogen-bond acceptors (Lipinski definition) is 3. The molecule has 1 atom stereocenters. The minimum Gasteiger partial charge on any atom is -0.324 e. The fourth-order valence-corrected chi connectivity index (χ4v) is 2.60. The van der Waals surface area contributed by atoms with Crippen molar-refractivity contribution in [2.24, 2.45) is 11.7 Å². The second kappa shape index (κ2) is 6.57. The van der Waals surface area contributed by atoms with Gasteiger partial charge in [-0.1, -0.05) is 43.1 Å². The van der Waals surface area contributed by atoms with Crippen molar-refractivity contribution in [3.63, 3.8) is 0 Å². The zero-order chi connectivity index (χ0) is 14.7. The van der Waals surface area contributed by atoms with Crippen LogP contribution < -0.4 is 5.73 Å². The molecule has 1 heterocycles. The molecule has 0 aliphatic carbocycles. The van der Waals surface area contributed by atoms with Crippen LogP contribution in [0.2, 0.25) is 10.0 Å². The van der Waals surface area contributed by atoms with E-state index in [0.29, 0.717) is 22.4 Å². The van der Waals surface area contributed by atoms with Crippen molar-refractivity contribution < 1.29 is 0 Å². The molecule has 6 heteroatoms. The van der Waals surface area contributed by atoms with Crippen molar-refractivity contribution in [3.8, 4) is 0 Å². The summed E-state index contributed by atoms with van der Waals surface area (Å²) in [5.74, 6) is 1.38. The number of nitrogens with two attached hydrogens (primary N) is 1. The topological polar surface area (TPSA) is 56.7 Å². The maximum atomic E-state index is 6.23. The van der Waals surface area contributed by atoms with Gasteiger partial charge in [0.25, 0.3) is 0 Å². The summed E-state index contributed by atoms with van der Waals surface area (Å²) in [6.07, 6.45) is 2.15. The van der Waals surface area contributed by atoms with E-state index in [9.17, 15) is 0 Å². The van der Waals surface area contributed by atoms with E-state index in [1.54, 1.807) is 18.5 Å². The Hall–Kier alpha value is -1.10. The molecule has 0 aliphatic rings. The Kier molecular flexibility index (Phi) is 5.02. The van der Waals surface area contributed by atoms with E-state index in [1.165, 1.54) is 0 Å². The van der Waals surface area contributed by atoms with Crippen molar-refractivity contribution in [1.29, 1.82) is 0 Å². The van der Waals surface area contributed by atoms with Gasteiger partial charge in [-0.15, -0.1) is 0 Å². The Morgan fingerprint density at radius 1 is 1.30 bits per heavy atom. The zero-order valence-electron chi connectivity index (χ0n) is 11.6. The lowest BCUT2D eigenvalue weighted by molar-refractivity contribution is 0.459. The van der Waals surface area contributed by atoms with Crippen molar-refractivity contribution in [2.75, 3.05) is 0 Å². The van der Waals surface area contributed by atoms with E-state index in [0.717, 1.165) is 17.9 Å². The van der Waals surface area contributed by atoms with Gasteiger partial charge in [-0.25, -0.2) is 9.67 Å². The largest absolute Gasteiger partial charge is 0.324 e. The molecule has 0 aliphatic heterocycles. The van der Waals surface area contributed by atoms with Gasteiger partial charge in [0.15, 0.2) is 0 Å². The first-order chi connectivity index (χ1) is 9.47. The molecule has 0 saturated heterocycles. The highest BCUT2D eigenvalue weighted by atomic mass is 35.5. The highest BCUT2D eigenvalue weighted by molar-refractivity contribution is 6.35. The molecular weight excluding hydrogens is 295 g/mol. The molecule has 1 aromatic heterocycles. The van der Waals surface area contributed by atoms with Crippen LogP contribution in [0.25, 0.3) is 0 Å². The summed E-state index contributed by atoms with van der Waals surface area (Å²) in [4.78, 5) is 4.28. The highest BCUT2D eigenvalue weighted by Crippen LogP contribution is 2.26. The second-order valence-corrected chi connectivity index (χ2v) is 6.07. The molecule has 2 rings (SSSR count). The lowest BCUT2D eigenvalue weighted by atomic mass is 10.0. The Balaban J connectivity index is 2.15. The van der Waals surface area contributed by atoms with Crippen LogP contribution in [-0.4, -0.2) is 14.8 Å². The number of benzene rings is 1. The lowest BCUT2D eigenvalue weighted by Gasteiger charge is -2.15. The molecule has 20 heavy (non-hydrogen) atoms. The van der Waals surface area contributed by atoms with E-state index in [2.05, 4.69) is 23.9 Å². The minimum absolute atomic E-state index is 0.227. The molecule has 108 valence electrons. The van der Waals surface area contributed by atoms with Crippen molar-refractivity contribution in [2.45, 2.75) is 32.9 Å². The summed E-state index contributed by atoms with van der Waals surface area (Å²) < 4.78 is 1.90. The van der Waals surface area contributed by atoms with Crippen LogP contribution in [0, 0.1) is 5.92 Å². The van der Waals surface area contributed by atoms with Crippen molar-refractivity contribution >= 4 is 23.2 Å². The molecule has 0 saturated carbocycles. The van der Waals surface area contributed by atoms with Crippen molar-refractivity contribution in [3.05, 3.63) is 46.0 Å². The second-order valence-electron chi connectivity index (χ2n) is 5.23. The molecule has 0 fully saturated rings. The van der Waals surface area contributed by atoms with Gasteiger partial charge in [0, 0.05) is 29.1 Å². The molecule has 2 aromatic rings. The Bertz CT molecular complexity index is 580. The Labute approximate surface area is 128 Å². The number of aromatic nitrogens is 3. The van der Waals surface area contributed by atoms with Crippen LogP contribution in [0.1, 0.15) is 31.3 Å². The quantitative estimate of drug-likeness (QED) is 0.919. The predicted octanol–water partition coefficient (Wildman–Crippen LogP) is 3.48. The summed E-state index contributed by atoms with van der Waals surface area (Å²) in [6, 6.07) is 5.13. The lowest BCUT2D eigenvalue weighted by Crippen LogP contribution is -2.18. The summed E-state index contributed by atoms with van der Waals surface area (Å²) in [7, 11) is 0. The van der Waals surface area contributed by atoms with E-state index in [4.69, 9.17) is 28.9 Å². The maximum absolute atomic E-state index is 6.23. The van der Waals surface area contributed by atoms with E-state index < -0.39 is 0 Å². The van der Waals surface area contributed by atoms with E-state index >= 15 is 0 Å². The van der Waals surface area contributed by atoms with E-state index in [1.807, 2.05) is 10.7 Å². The SMILES string of the molecule is CC(C)Cn1ncnc1CC(N)c1ccc(Cl)cc1Cl. The van der Waals surface area contributed by atoms with Gasteiger partial charge in [0.1, 0.15) is 12.2 Å². The first kappa shape index (κ1) is 15.3. The standard InChI is InChI=1S/C14H18Cl2N4/c1-9(2)7-20-14(18-8-19-20)6-13(17)11-4-3-10(15)5-12(11)16/h3-5,8-9,13H,6-7,17H2,1-2H3. The molecule has 1 aromatic carbocycles. The van der Waals surface area contributed by atoms with Gasteiger partial charge in [-0.2, -0.15) is 5.10 Å². The molecule has 0 spiro atoms. The highest BCUT2D eigenvalue weighted by Gasteiger charge is 2.15. The Morgan fingerprint density at radius 3 is 2.70 bits per heavy atom. The van der Waals surface area contributed by atoms with Crippen LogP contribution in [0.5, 0.6) is 0 Å². The van der Waals surface area contributed by atoms with Gasteiger partial charge in [0.2, 0.25) is 0 Å². The first-order valence-electron chi connectivity index (χ1n) is 6.54. The van der Waals surface area contributed by atoms with Gasteiger partial charge in [0.05, 0.1) is 0 Å². The molecule has 0 radical (unpaired) electrons. The Morgan fingerprint density at radius 2 is 2.05 bits per heavy atom. The van der Waals surface area contributed by atoms with Gasteiger partial charge in [-0.05, 0) is 23.6 Å². The number of rotatable bonds is 5. The predicted molar refractivity (Wildman–Crippen MR) is 82.0 cm³/mol. The fraction of sp³-hybridized carbons (Fsp3) is 0.429. The normalized spacial score (nSPS) is 12.9. The monoisotopic (exact) mass is 312 g/mol. The fourth-order valence-electron chi connectivity index (χ4n) is 2.05. The molecular formula is C14H18Cl2N4. The third-order valence-corrected chi connectivity index (χ3v) is 3.56. The van der Waals surface area contributed by atoms with Crippen LogP contribution in [-0.2, 0) is 13.0 Å². The smallest absolute Gasteiger partial charge is 0.138 e. The van der Waals surface area contributed by atoms with Gasteiger partial charge < -0.3 is 5.73 Å². The van der Waals surface area contributed by atoms with Crippen LogP contribution in [0.4, 0.5) is 0 Å². The molecule has 4 nitrogen and oxygen atoms in total. The first-order valence-corrected chi connectivity index (χ1v) is 7.30. The van der Waals surface area contributed by atoms with Crippen LogP contribution in [0.15, 0.2) is 24.5 Å². The number of hydrogen-bond donors (Lipinski definition) is 1. The number of halogens is 2. The minimum atomic E-state index is -0.227. The average molecular weight is 313 g/mol. The van der Waals surface area contributed by atoms with Gasteiger partial charge >= 0.3 is 0 Å². The molecule has 2 N–H and O–H groups in total. The summed E-state index contributed by atoms with van der Waals surface area (Å²) in [6.45, 7) is 5.11. The summed E-state index contributed by atoms with van der Waals surface area (Å²) in [5.41, 5.74) is 7.10. The van der Waals surface area contributed by atoms with Crippen molar-refractivity contribution in [1.82, 2.24) is 14.8 Å². The molecule has 0 bridgehead atoms. The van der Waals surface area contributed by atoms with Gasteiger partial charge in [-0.3, -0.25) is 0 Å². The average Bonchev–Trinajstić information content (AvgIpc) is 2.75. The van der Waals surface area contributed by atoms with Crippen LogP contribution >= 0.6 is 23.2 Å². The molecule has 0 amide bonds. The zero-order valence-corrected chi connectivity index (χ0v) is 13.1. The van der Waals surface area contributed by atoms with E-state index in [-0.39, 0.29) is 6.04 Å². The third kappa shape index (κ3) is 3.72. The summed E-state index contributed by atoms with van der Waals surface area (Å²) >= 11 is 12.1. The van der Waals surface area contributed by atoms with Crippen LogP contribution in [0.3, 0.4) is 0 Å². The summed E-state index contributed by atoms with van der Waals surface area (Å²) in [5, 5.41) is 5.42. The third-order valence-electron chi connectivity index (χ3n) is 3.00. The number of nitrogens with zero attached hydrogens (tertiary/aromatic N) is 3. The maximum Gasteiger partial charge on any atom is 0.138 e.